The highest BCUT2D eigenvalue weighted by atomic mass is 16.2. The van der Waals surface area contributed by atoms with Crippen molar-refractivity contribution < 1.29 is 4.79 Å². The summed E-state index contributed by atoms with van der Waals surface area (Å²) in [5.41, 5.74) is 1.05. The van der Waals surface area contributed by atoms with E-state index < -0.39 is 0 Å². The molecule has 84 valence electrons. The molecule has 3 heteroatoms. The standard InChI is InChI=1S/C13H16N2O/c16-13-10-14-8-4-7-12(9-14)15(13)11-5-2-1-3-6-11/h1-3,5-6,12H,4,7-10H2. The smallest absolute Gasteiger partial charge is 0.241 e. The Balaban J connectivity index is 1.91. The van der Waals surface area contributed by atoms with Crippen molar-refractivity contribution in [2.24, 2.45) is 0 Å². The van der Waals surface area contributed by atoms with Crippen LogP contribution in [0.4, 0.5) is 5.69 Å². The predicted molar refractivity (Wildman–Crippen MR) is 63.4 cm³/mol. The van der Waals surface area contributed by atoms with Gasteiger partial charge in [0.15, 0.2) is 0 Å². The third-order valence-electron chi connectivity index (χ3n) is 3.51. The topological polar surface area (TPSA) is 23.6 Å². The Morgan fingerprint density at radius 2 is 2.00 bits per heavy atom. The SMILES string of the molecule is O=C1CN2CCCC(C2)N1c1ccccc1. The highest BCUT2D eigenvalue weighted by Crippen LogP contribution is 2.26. The number of fused-ring (bicyclic) bond motifs is 2. The Morgan fingerprint density at radius 3 is 2.81 bits per heavy atom. The van der Waals surface area contributed by atoms with Gasteiger partial charge in [-0.15, -0.1) is 0 Å². The highest BCUT2D eigenvalue weighted by Gasteiger charge is 2.35. The first-order chi connectivity index (χ1) is 7.84. The van der Waals surface area contributed by atoms with Crippen molar-refractivity contribution in [3.8, 4) is 0 Å². The lowest BCUT2D eigenvalue weighted by Gasteiger charge is -2.44. The van der Waals surface area contributed by atoms with Crippen LogP contribution in [0.5, 0.6) is 0 Å². The molecule has 2 atom stereocenters. The first kappa shape index (κ1) is 9.85. The van der Waals surface area contributed by atoms with Crippen LogP contribution in [0, 0.1) is 0 Å². The van der Waals surface area contributed by atoms with Gasteiger partial charge in [-0.25, -0.2) is 0 Å². The molecule has 1 amide bonds. The number of amides is 1. The van der Waals surface area contributed by atoms with E-state index in [1.165, 1.54) is 6.42 Å². The summed E-state index contributed by atoms with van der Waals surface area (Å²) >= 11 is 0. The van der Waals surface area contributed by atoms with Crippen molar-refractivity contribution >= 4 is 11.6 Å². The maximum atomic E-state index is 12.1. The Labute approximate surface area is 95.7 Å². The Kier molecular flexibility index (Phi) is 2.40. The molecule has 2 aliphatic heterocycles. The van der Waals surface area contributed by atoms with Crippen LogP contribution in [-0.4, -0.2) is 36.5 Å². The maximum absolute atomic E-state index is 12.1. The number of para-hydroxylation sites is 1. The molecule has 3 rings (SSSR count). The fraction of sp³-hybridized carbons (Fsp3) is 0.462. The third-order valence-corrected chi connectivity index (χ3v) is 3.51. The molecule has 1 aromatic rings. The predicted octanol–water partition coefficient (Wildman–Crippen LogP) is 1.50. The lowest BCUT2D eigenvalue weighted by atomic mass is 10.00. The van der Waals surface area contributed by atoms with Gasteiger partial charge in [-0.2, -0.15) is 0 Å². The zero-order chi connectivity index (χ0) is 11.0. The fourth-order valence-electron chi connectivity index (χ4n) is 2.80. The second-order valence-electron chi connectivity index (χ2n) is 4.63. The molecule has 2 aliphatic rings. The van der Waals surface area contributed by atoms with Gasteiger partial charge in [-0.05, 0) is 31.5 Å². The van der Waals surface area contributed by atoms with Crippen LogP contribution in [0.2, 0.25) is 0 Å². The Morgan fingerprint density at radius 1 is 1.19 bits per heavy atom. The van der Waals surface area contributed by atoms with E-state index in [9.17, 15) is 4.79 Å². The number of benzene rings is 1. The number of piperazine rings is 1. The molecule has 0 radical (unpaired) electrons. The van der Waals surface area contributed by atoms with Crippen molar-refractivity contribution in [3.05, 3.63) is 30.3 Å². The van der Waals surface area contributed by atoms with Gasteiger partial charge in [-0.1, -0.05) is 18.2 Å². The van der Waals surface area contributed by atoms with E-state index in [2.05, 4.69) is 4.90 Å². The molecule has 3 nitrogen and oxygen atoms in total. The number of carbonyl (C=O) groups excluding carboxylic acids is 1. The van der Waals surface area contributed by atoms with Crippen molar-refractivity contribution in [2.75, 3.05) is 24.5 Å². The van der Waals surface area contributed by atoms with Crippen LogP contribution in [0.3, 0.4) is 0 Å². The molecular weight excluding hydrogens is 200 g/mol. The fourth-order valence-corrected chi connectivity index (χ4v) is 2.80. The summed E-state index contributed by atoms with van der Waals surface area (Å²) in [5, 5.41) is 0. The number of hydrogen-bond donors (Lipinski definition) is 0. The molecule has 2 bridgehead atoms. The lowest BCUT2D eigenvalue weighted by molar-refractivity contribution is -0.123. The van der Waals surface area contributed by atoms with Gasteiger partial charge in [0.2, 0.25) is 5.91 Å². The Hall–Kier alpha value is -1.35. The summed E-state index contributed by atoms with van der Waals surface area (Å²) in [7, 11) is 0. The van der Waals surface area contributed by atoms with Crippen LogP contribution >= 0.6 is 0 Å². The summed E-state index contributed by atoms with van der Waals surface area (Å²) in [6.45, 7) is 2.72. The van der Waals surface area contributed by atoms with E-state index in [0.717, 1.165) is 25.2 Å². The van der Waals surface area contributed by atoms with Gasteiger partial charge in [0.25, 0.3) is 0 Å². The molecule has 16 heavy (non-hydrogen) atoms. The van der Waals surface area contributed by atoms with E-state index in [1.54, 1.807) is 0 Å². The summed E-state index contributed by atoms with van der Waals surface area (Å²) in [5.74, 6) is 0.252. The number of rotatable bonds is 1. The van der Waals surface area contributed by atoms with E-state index in [4.69, 9.17) is 0 Å². The van der Waals surface area contributed by atoms with Crippen LogP contribution in [0.25, 0.3) is 0 Å². The molecular formula is C13H16N2O. The number of nitrogens with zero attached hydrogens (tertiary/aromatic N) is 2. The van der Waals surface area contributed by atoms with Gasteiger partial charge < -0.3 is 4.90 Å². The minimum absolute atomic E-state index is 0.252. The van der Waals surface area contributed by atoms with Crippen LogP contribution in [0.1, 0.15) is 12.8 Å². The number of piperidine rings is 1. The van der Waals surface area contributed by atoms with Gasteiger partial charge in [0.05, 0.1) is 6.54 Å². The molecule has 0 spiro atoms. The molecule has 2 saturated heterocycles. The van der Waals surface area contributed by atoms with E-state index >= 15 is 0 Å². The van der Waals surface area contributed by atoms with E-state index in [-0.39, 0.29) is 5.91 Å². The number of anilines is 1. The average Bonchev–Trinajstić information content (AvgIpc) is 2.30. The maximum Gasteiger partial charge on any atom is 0.241 e. The quantitative estimate of drug-likeness (QED) is 0.710. The minimum Gasteiger partial charge on any atom is -0.307 e. The van der Waals surface area contributed by atoms with Crippen LogP contribution in [0.15, 0.2) is 30.3 Å². The van der Waals surface area contributed by atoms with Crippen molar-refractivity contribution in [1.82, 2.24) is 4.90 Å². The largest absolute Gasteiger partial charge is 0.307 e. The first-order valence-corrected chi connectivity index (χ1v) is 5.94. The monoisotopic (exact) mass is 216 g/mol. The molecule has 1 aromatic carbocycles. The summed E-state index contributed by atoms with van der Waals surface area (Å²) in [4.78, 5) is 16.4. The van der Waals surface area contributed by atoms with E-state index in [0.29, 0.717) is 12.6 Å². The second kappa shape index (κ2) is 3.91. The summed E-state index contributed by atoms with van der Waals surface area (Å²) in [6.07, 6.45) is 2.35. The minimum atomic E-state index is 0.252. The van der Waals surface area contributed by atoms with Gasteiger partial charge in [0.1, 0.15) is 0 Å². The Bertz CT molecular complexity index is 390. The zero-order valence-electron chi connectivity index (χ0n) is 9.30. The molecule has 0 aliphatic carbocycles. The van der Waals surface area contributed by atoms with E-state index in [1.807, 2.05) is 35.2 Å². The summed E-state index contributed by atoms with van der Waals surface area (Å²) in [6, 6.07) is 10.4. The average molecular weight is 216 g/mol. The molecule has 0 N–H and O–H groups in total. The summed E-state index contributed by atoms with van der Waals surface area (Å²) < 4.78 is 0. The first-order valence-electron chi connectivity index (χ1n) is 5.94. The molecule has 0 aromatic heterocycles. The highest BCUT2D eigenvalue weighted by molar-refractivity contribution is 5.96. The van der Waals surface area contributed by atoms with Gasteiger partial charge >= 0.3 is 0 Å². The van der Waals surface area contributed by atoms with Gasteiger partial charge in [0, 0.05) is 18.3 Å². The van der Waals surface area contributed by atoms with Gasteiger partial charge in [-0.3, -0.25) is 9.69 Å². The number of carbonyl (C=O) groups is 1. The van der Waals surface area contributed by atoms with Crippen molar-refractivity contribution in [2.45, 2.75) is 18.9 Å². The molecule has 2 unspecified atom stereocenters. The molecule has 2 heterocycles. The normalized spacial score (nSPS) is 29.2. The zero-order valence-corrected chi connectivity index (χ0v) is 9.30. The number of hydrogen-bond acceptors (Lipinski definition) is 2. The lowest BCUT2D eigenvalue weighted by Crippen LogP contribution is -2.59. The van der Waals surface area contributed by atoms with Crippen molar-refractivity contribution in [1.29, 1.82) is 0 Å². The van der Waals surface area contributed by atoms with Crippen molar-refractivity contribution in [3.63, 3.8) is 0 Å². The molecule has 2 fully saturated rings. The van der Waals surface area contributed by atoms with Crippen LogP contribution in [-0.2, 0) is 4.79 Å². The van der Waals surface area contributed by atoms with Crippen LogP contribution < -0.4 is 4.90 Å². The molecule has 0 saturated carbocycles. The second-order valence-corrected chi connectivity index (χ2v) is 4.63. The third kappa shape index (κ3) is 1.61.